The van der Waals surface area contributed by atoms with Gasteiger partial charge in [0.15, 0.2) is 0 Å². The predicted molar refractivity (Wildman–Crippen MR) is 74.0 cm³/mol. The Morgan fingerprint density at radius 2 is 2.30 bits per heavy atom. The molecule has 2 N–H and O–H groups in total. The Labute approximate surface area is 116 Å². The van der Waals surface area contributed by atoms with E-state index in [9.17, 15) is 10.1 Å². The van der Waals surface area contributed by atoms with Gasteiger partial charge in [-0.3, -0.25) is 10.1 Å². The van der Waals surface area contributed by atoms with E-state index in [4.69, 9.17) is 9.84 Å². The SMILES string of the molecule is CCN(CCO)c1ncnc(NCCOC)c1[N+](=O)[O-]. The molecule has 1 aromatic rings. The summed E-state index contributed by atoms with van der Waals surface area (Å²) in [6.45, 7) is 3.30. The predicted octanol–water partition coefficient (Wildman–Crippen LogP) is 0.262. The minimum absolute atomic E-state index is 0.110. The molecular weight excluding hydrogens is 266 g/mol. The number of ether oxygens (including phenoxy) is 1. The Bertz CT molecular complexity index is 443. The molecular formula is C11H19N5O4. The fraction of sp³-hybridized carbons (Fsp3) is 0.636. The summed E-state index contributed by atoms with van der Waals surface area (Å²) in [5.41, 5.74) is -0.195. The van der Waals surface area contributed by atoms with Gasteiger partial charge < -0.3 is 20.1 Å². The van der Waals surface area contributed by atoms with Gasteiger partial charge in [-0.05, 0) is 6.92 Å². The quantitative estimate of drug-likeness (QED) is 0.377. The summed E-state index contributed by atoms with van der Waals surface area (Å²) in [4.78, 5) is 20.2. The van der Waals surface area contributed by atoms with Crippen LogP contribution in [0.4, 0.5) is 17.3 Å². The highest BCUT2D eigenvalue weighted by Gasteiger charge is 2.26. The molecule has 0 atom stereocenters. The van der Waals surface area contributed by atoms with Gasteiger partial charge in [0.1, 0.15) is 6.33 Å². The summed E-state index contributed by atoms with van der Waals surface area (Å²) in [6.07, 6.45) is 1.26. The van der Waals surface area contributed by atoms with Crippen molar-refractivity contribution < 1.29 is 14.8 Å². The van der Waals surface area contributed by atoms with E-state index in [-0.39, 0.29) is 30.5 Å². The number of likely N-dealkylation sites (N-methyl/N-ethyl adjacent to an activating group) is 1. The van der Waals surface area contributed by atoms with Crippen LogP contribution in [0.15, 0.2) is 6.33 Å². The van der Waals surface area contributed by atoms with Crippen LogP contribution >= 0.6 is 0 Å². The van der Waals surface area contributed by atoms with Crippen LogP contribution in [-0.2, 0) is 4.74 Å². The molecule has 0 aliphatic carbocycles. The fourth-order valence-corrected chi connectivity index (χ4v) is 1.70. The van der Waals surface area contributed by atoms with Gasteiger partial charge in [0, 0.05) is 26.7 Å². The Morgan fingerprint density at radius 1 is 1.55 bits per heavy atom. The average Bonchev–Trinajstić information content (AvgIpc) is 2.44. The number of nitrogens with one attached hydrogen (secondary N) is 1. The van der Waals surface area contributed by atoms with Crippen molar-refractivity contribution in [2.24, 2.45) is 0 Å². The van der Waals surface area contributed by atoms with Crippen molar-refractivity contribution in [3.63, 3.8) is 0 Å². The van der Waals surface area contributed by atoms with E-state index in [1.165, 1.54) is 6.33 Å². The average molecular weight is 285 g/mol. The molecule has 0 aromatic carbocycles. The lowest BCUT2D eigenvalue weighted by Crippen LogP contribution is -2.28. The second kappa shape index (κ2) is 8.23. The third-order valence-electron chi connectivity index (χ3n) is 2.64. The highest BCUT2D eigenvalue weighted by molar-refractivity contribution is 5.70. The van der Waals surface area contributed by atoms with Crippen LogP contribution in [0.1, 0.15) is 6.92 Å². The number of nitrogens with zero attached hydrogens (tertiary/aromatic N) is 4. The molecule has 1 heterocycles. The number of rotatable bonds is 9. The van der Waals surface area contributed by atoms with Crippen molar-refractivity contribution in [2.45, 2.75) is 6.92 Å². The van der Waals surface area contributed by atoms with Crippen molar-refractivity contribution in [1.82, 2.24) is 9.97 Å². The van der Waals surface area contributed by atoms with Crippen molar-refractivity contribution >= 4 is 17.3 Å². The Balaban J connectivity index is 3.10. The Kier molecular flexibility index (Phi) is 6.60. The van der Waals surface area contributed by atoms with Gasteiger partial charge in [0.2, 0.25) is 11.6 Å². The van der Waals surface area contributed by atoms with Gasteiger partial charge in [0.25, 0.3) is 0 Å². The second-order valence-corrected chi connectivity index (χ2v) is 3.87. The smallest absolute Gasteiger partial charge is 0.353 e. The van der Waals surface area contributed by atoms with Gasteiger partial charge in [-0.2, -0.15) is 0 Å². The van der Waals surface area contributed by atoms with Crippen molar-refractivity contribution in [3.05, 3.63) is 16.4 Å². The number of methoxy groups -OCH3 is 1. The van der Waals surface area contributed by atoms with E-state index >= 15 is 0 Å². The summed E-state index contributed by atoms with van der Waals surface area (Å²) in [5.74, 6) is 0.343. The van der Waals surface area contributed by atoms with Crippen LogP contribution < -0.4 is 10.2 Å². The summed E-state index contributed by atoms with van der Waals surface area (Å²) in [5, 5.41) is 23.1. The van der Waals surface area contributed by atoms with Crippen LogP contribution in [0.3, 0.4) is 0 Å². The monoisotopic (exact) mass is 285 g/mol. The molecule has 0 saturated carbocycles. The van der Waals surface area contributed by atoms with E-state index in [1.54, 1.807) is 12.0 Å². The van der Waals surface area contributed by atoms with Crippen LogP contribution in [0.25, 0.3) is 0 Å². The molecule has 1 aromatic heterocycles. The molecule has 20 heavy (non-hydrogen) atoms. The second-order valence-electron chi connectivity index (χ2n) is 3.87. The summed E-state index contributed by atoms with van der Waals surface area (Å²) < 4.78 is 4.88. The molecule has 0 fully saturated rings. The lowest BCUT2D eigenvalue weighted by Gasteiger charge is -2.20. The first-order chi connectivity index (χ1) is 9.65. The zero-order valence-corrected chi connectivity index (χ0v) is 11.6. The molecule has 0 bridgehead atoms. The standard InChI is InChI=1S/C11H19N5O4/c1-3-15(5-6-17)11-9(16(18)19)10(13-8-14-11)12-4-7-20-2/h8,17H,3-7H2,1-2H3,(H,12,13,14). The van der Waals surface area contributed by atoms with E-state index in [0.29, 0.717) is 19.7 Å². The zero-order chi connectivity index (χ0) is 15.0. The maximum atomic E-state index is 11.3. The van der Waals surface area contributed by atoms with Crippen LogP contribution in [0.5, 0.6) is 0 Å². The minimum Gasteiger partial charge on any atom is -0.395 e. The fourth-order valence-electron chi connectivity index (χ4n) is 1.70. The molecule has 0 radical (unpaired) electrons. The van der Waals surface area contributed by atoms with Gasteiger partial charge in [-0.25, -0.2) is 9.97 Å². The first-order valence-electron chi connectivity index (χ1n) is 6.23. The van der Waals surface area contributed by atoms with E-state index in [2.05, 4.69) is 15.3 Å². The van der Waals surface area contributed by atoms with E-state index < -0.39 is 4.92 Å². The highest BCUT2D eigenvalue weighted by Crippen LogP contribution is 2.31. The van der Waals surface area contributed by atoms with E-state index in [1.807, 2.05) is 6.92 Å². The highest BCUT2D eigenvalue weighted by atomic mass is 16.6. The van der Waals surface area contributed by atoms with Crippen molar-refractivity contribution in [2.75, 3.05) is 50.2 Å². The lowest BCUT2D eigenvalue weighted by atomic mass is 10.3. The van der Waals surface area contributed by atoms with Gasteiger partial charge in [-0.1, -0.05) is 0 Å². The largest absolute Gasteiger partial charge is 0.395 e. The molecule has 9 heteroatoms. The minimum atomic E-state index is -0.523. The van der Waals surface area contributed by atoms with Crippen LogP contribution in [0.2, 0.25) is 0 Å². The Morgan fingerprint density at radius 3 is 2.85 bits per heavy atom. The van der Waals surface area contributed by atoms with Gasteiger partial charge in [-0.15, -0.1) is 0 Å². The Hall–Kier alpha value is -2.00. The molecule has 1 rings (SSSR count). The first-order valence-corrected chi connectivity index (χ1v) is 6.23. The topological polar surface area (TPSA) is 114 Å². The first kappa shape index (κ1) is 16.1. The summed E-state index contributed by atoms with van der Waals surface area (Å²) in [6, 6.07) is 0. The normalized spacial score (nSPS) is 10.3. The lowest BCUT2D eigenvalue weighted by molar-refractivity contribution is -0.383. The van der Waals surface area contributed by atoms with Crippen LogP contribution in [-0.4, -0.2) is 60.0 Å². The van der Waals surface area contributed by atoms with Crippen molar-refractivity contribution in [3.8, 4) is 0 Å². The number of aliphatic hydroxyl groups is 1. The number of hydrogen-bond acceptors (Lipinski definition) is 8. The van der Waals surface area contributed by atoms with Crippen LogP contribution in [0, 0.1) is 10.1 Å². The number of anilines is 2. The van der Waals surface area contributed by atoms with Crippen molar-refractivity contribution in [1.29, 1.82) is 0 Å². The summed E-state index contributed by atoms with van der Waals surface area (Å²) in [7, 11) is 1.54. The molecule has 0 aliphatic heterocycles. The number of hydrogen-bond donors (Lipinski definition) is 2. The molecule has 112 valence electrons. The third kappa shape index (κ3) is 4.00. The molecule has 0 saturated heterocycles. The molecule has 9 nitrogen and oxygen atoms in total. The summed E-state index contributed by atoms with van der Waals surface area (Å²) >= 11 is 0. The molecule has 0 unspecified atom stereocenters. The number of aromatic nitrogens is 2. The van der Waals surface area contributed by atoms with Gasteiger partial charge >= 0.3 is 5.69 Å². The number of aliphatic hydroxyl groups excluding tert-OH is 1. The third-order valence-corrected chi connectivity index (χ3v) is 2.64. The molecule has 0 aliphatic rings. The molecule has 0 spiro atoms. The van der Waals surface area contributed by atoms with Gasteiger partial charge in [0.05, 0.1) is 18.1 Å². The molecule has 0 amide bonds. The zero-order valence-electron chi connectivity index (χ0n) is 11.6. The number of nitro groups is 1. The maximum Gasteiger partial charge on any atom is 0.353 e. The maximum absolute atomic E-state index is 11.3. The van der Waals surface area contributed by atoms with E-state index in [0.717, 1.165) is 0 Å².